The third-order valence-electron chi connectivity index (χ3n) is 5.92. The Morgan fingerprint density at radius 2 is 1.67 bits per heavy atom. The first kappa shape index (κ1) is 21.6. The SMILES string of the molecule is Cc1cc(/C=C2/SC(=O)N(Cc3cccc4ccccc34)C2=O)c(C)n1-c1ccc(Cl)cc1. The van der Waals surface area contributed by atoms with Crippen molar-refractivity contribution in [3.63, 3.8) is 0 Å². The van der Waals surface area contributed by atoms with E-state index >= 15 is 0 Å². The number of carbonyl (C=O) groups is 2. The molecule has 2 heterocycles. The van der Waals surface area contributed by atoms with Crippen LogP contribution in [0.4, 0.5) is 4.79 Å². The highest BCUT2D eigenvalue weighted by atomic mass is 35.5. The molecule has 1 aliphatic heterocycles. The Balaban J connectivity index is 1.45. The summed E-state index contributed by atoms with van der Waals surface area (Å²) in [6.45, 7) is 4.28. The van der Waals surface area contributed by atoms with Crippen LogP contribution in [0.5, 0.6) is 0 Å². The van der Waals surface area contributed by atoms with Crippen LogP contribution in [-0.4, -0.2) is 20.6 Å². The standard InChI is InChI=1S/C27H21ClN2O2S/c1-17-14-21(18(2)30(17)23-12-10-22(28)11-13-23)15-25-26(31)29(27(32)33-25)16-20-8-5-7-19-6-3-4-9-24(19)20/h3-15H,16H2,1-2H3/b25-15+. The van der Waals surface area contributed by atoms with Gasteiger partial charge >= 0.3 is 0 Å². The van der Waals surface area contributed by atoms with Crippen molar-refractivity contribution in [3.8, 4) is 5.69 Å². The fourth-order valence-electron chi connectivity index (χ4n) is 4.30. The van der Waals surface area contributed by atoms with Crippen LogP contribution in [-0.2, 0) is 11.3 Å². The number of halogens is 1. The van der Waals surface area contributed by atoms with Crippen LogP contribution in [0.3, 0.4) is 0 Å². The lowest BCUT2D eigenvalue weighted by molar-refractivity contribution is -0.123. The van der Waals surface area contributed by atoms with Gasteiger partial charge in [-0.1, -0.05) is 54.1 Å². The zero-order valence-electron chi connectivity index (χ0n) is 18.2. The van der Waals surface area contributed by atoms with Crippen molar-refractivity contribution in [2.24, 2.45) is 0 Å². The van der Waals surface area contributed by atoms with Crippen LogP contribution >= 0.6 is 23.4 Å². The molecule has 1 saturated heterocycles. The van der Waals surface area contributed by atoms with Crippen molar-refractivity contribution in [3.05, 3.63) is 105 Å². The number of benzene rings is 3. The topological polar surface area (TPSA) is 42.3 Å². The Hall–Kier alpha value is -3.28. The van der Waals surface area contributed by atoms with E-state index in [2.05, 4.69) is 4.57 Å². The minimum atomic E-state index is -0.255. The van der Waals surface area contributed by atoms with Gasteiger partial charge in [0.25, 0.3) is 11.1 Å². The molecule has 5 rings (SSSR count). The summed E-state index contributed by atoms with van der Waals surface area (Å²) in [5.41, 5.74) is 4.90. The van der Waals surface area contributed by atoms with Crippen LogP contribution in [0.1, 0.15) is 22.5 Å². The number of fused-ring (bicyclic) bond motifs is 1. The Morgan fingerprint density at radius 3 is 2.45 bits per heavy atom. The quantitative estimate of drug-likeness (QED) is 0.296. The summed E-state index contributed by atoms with van der Waals surface area (Å²) in [6.07, 6.45) is 1.82. The molecule has 0 aliphatic carbocycles. The van der Waals surface area contributed by atoms with Crippen LogP contribution in [0.15, 0.2) is 77.7 Å². The molecule has 0 bridgehead atoms. The summed E-state index contributed by atoms with van der Waals surface area (Å²) < 4.78 is 2.11. The molecule has 164 valence electrons. The lowest BCUT2D eigenvalue weighted by Gasteiger charge is -2.14. The molecule has 0 saturated carbocycles. The highest BCUT2D eigenvalue weighted by Crippen LogP contribution is 2.35. The predicted octanol–water partition coefficient (Wildman–Crippen LogP) is 7.14. The van der Waals surface area contributed by atoms with Crippen molar-refractivity contribution in [1.29, 1.82) is 0 Å². The molecular formula is C27H21ClN2O2S. The largest absolute Gasteiger partial charge is 0.318 e. The second-order valence-corrected chi connectivity index (χ2v) is 9.47. The molecule has 0 atom stereocenters. The van der Waals surface area contributed by atoms with Gasteiger partial charge in [0.2, 0.25) is 0 Å². The normalized spacial score (nSPS) is 15.2. The van der Waals surface area contributed by atoms with Crippen molar-refractivity contribution < 1.29 is 9.59 Å². The number of hydrogen-bond donors (Lipinski definition) is 0. The van der Waals surface area contributed by atoms with Crippen LogP contribution < -0.4 is 0 Å². The molecular weight excluding hydrogens is 452 g/mol. The Morgan fingerprint density at radius 1 is 0.939 bits per heavy atom. The molecule has 0 N–H and O–H groups in total. The second-order valence-electron chi connectivity index (χ2n) is 8.04. The molecule has 1 fully saturated rings. The summed E-state index contributed by atoms with van der Waals surface area (Å²) in [6, 6.07) is 23.6. The number of hydrogen-bond acceptors (Lipinski definition) is 3. The van der Waals surface area contributed by atoms with E-state index in [0.717, 1.165) is 50.7 Å². The van der Waals surface area contributed by atoms with E-state index in [1.165, 1.54) is 4.90 Å². The van der Waals surface area contributed by atoms with Gasteiger partial charge in [-0.15, -0.1) is 0 Å². The molecule has 2 amide bonds. The third kappa shape index (κ3) is 3.99. The number of carbonyl (C=O) groups excluding carboxylic acids is 2. The summed E-state index contributed by atoms with van der Waals surface area (Å²) in [4.78, 5) is 27.7. The first-order valence-corrected chi connectivity index (χ1v) is 11.8. The van der Waals surface area contributed by atoms with Gasteiger partial charge in [-0.3, -0.25) is 14.5 Å². The molecule has 0 spiro atoms. The first-order valence-electron chi connectivity index (χ1n) is 10.6. The van der Waals surface area contributed by atoms with E-state index in [1.807, 2.05) is 92.7 Å². The van der Waals surface area contributed by atoms with E-state index in [4.69, 9.17) is 11.6 Å². The van der Waals surface area contributed by atoms with Gasteiger partial charge in [0.1, 0.15) is 0 Å². The van der Waals surface area contributed by atoms with E-state index in [-0.39, 0.29) is 17.7 Å². The summed E-state index contributed by atoms with van der Waals surface area (Å²) in [7, 11) is 0. The first-order chi connectivity index (χ1) is 15.9. The van der Waals surface area contributed by atoms with E-state index in [0.29, 0.717) is 9.93 Å². The maximum atomic E-state index is 13.2. The summed E-state index contributed by atoms with van der Waals surface area (Å²) in [5, 5.41) is 2.58. The van der Waals surface area contributed by atoms with Crippen molar-refractivity contribution in [2.75, 3.05) is 0 Å². The van der Waals surface area contributed by atoms with Crippen LogP contribution in [0.25, 0.3) is 22.5 Å². The number of rotatable bonds is 4. The van der Waals surface area contributed by atoms with Gasteiger partial charge in [0, 0.05) is 22.1 Å². The molecule has 6 heteroatoms. The molecule has 4 nitrogen and oxygen atoms in total. The minimum Gasteiger partial charge on any atom is -0.318 e. The van der Waals surface area contributed by atoms with Crippen molar-refractivity contribution in [2.45, 2.75) is 20.4 Å². The molecule has 1 aliphatic rings. The van der Waals surface area contributed by atoms with Gasteiger partial charge in [-0.2, -0.15) is 0 Å². The zero-order valence-corrected chi connectivity index (χ0v) is 19.8. The van der Waals surface area contributed by atoms with Gasteiger partial charge < -0.3 is 4.57 Å². The molecule has 1 aromatic heterocycles. The van der Waals surface area contributed by atoms with Crippen molar-refractivity contribution in [1.82, 2.24) is 9.47 Å². The lowest BCUT2D eigenvalue weighted by atomic mass is 10.0. The summed E-state index contributed by atoms with van der Waals surface area (Å²) >= 11 is 7.03. The van der Waals surface area contributed by atoms with Gasteiger partial charge in [-0.25, -0.2) is 0 Å². The van der Waals surface area contributed by atoms with E-state index in [9.17, 15) is 9.59 Å². The number of amides is 2. The van der Waals surface area contributed by atoms with Gasteiger partial charge in [0.15, 0.2) is 0 Å². The Labute approximate surface area is 201 Å². The Kier molecular flexibility index (Phi) is 5.60. The molecule has 0 unspecified atom stereocenters. The molecule has 4 aromatic rings. The second kappa shape index (κ2) is 8.58. The fourth-order valence-corrected chi connectivity index (χ4v) is 5.25. The number of aryl methyl sites for hydroxylation is 1. The van der Waals surface area contributed by atoms with Gasteiger partial charge in [0.05, 0.1) is 11.4 Å². The highest BCUT2D eigenvalue weighted by molar-refractivity contribution is 8.18. The number of thioether (sulfide) groups is 1. The average Bonchev–Trinajstić information content (AvgIpc) is 3.24. The maximum absolute atomic E-state index is 13.2. The Bertz CT molecular complexity index is 1430. The van der Waals surface area contributed by atoms with E-state index < -0.39 is 0 Å². The zero-order chi connectivity index (χ0) is 23.1. The third-order valence-corrected chi connectivity index (χ3v) is 7.08. The number of nitrogens with zero attached hydrogens (tertiary/aromatic N) is 2. The summed E-state index contributed by atoms with van der Waals surface area (Å²) in [5.74, 6) is -0.255. The molecule has 3 aromatic carbocycles. The van der Waals surface area contributed by atoms with Crippen LogP contribution in [0.2, 0.25) is 5.02 Å². The smallest absolute Gasteiger partial charge is 0.293 e. The highest BCUT2D eigenvalue weighted by Gasteiger charge is 2.35. The monoisotopic (exact) mass is 472 g/mol. The average molecular weight is 473 g/mol. The number of aromatic nitrogens is 1. The fraction of sp³-hybridized carbons (Fsp3) is 0.111. The van der Waals surface area contributed by atoms with Crippen molar-refractivity contribution >= 4 is 51.4 Å². The predicted molar refractivity (Wildman–Crippen MR) is 136 cm³/mol. The molecule has 33 heavy (non-hydrogen) atoms. The van der Waals surface area contributed by atoms with E-state index in [1.54, 1.807) is 0 Å². The van der Waals surface area contributed by atoms with Gasteiger partial charge in [-0.05, 0) is 83.9 Å². The minimum absolute atomic E-state index is 0.245. The van der Waals surface area contributed by atoms with Crippen LogP contribution in [0, 0.1) is 13.8 Å². The maximum Gasteiger partial charge on any atom is 0.293 e. The molecule has 0 radical (unpaired) electrons. The number of imide groups is 1. The lowest BCUT2D eigenvalue weighted by Crippen LogP contribution is -2.27.